The Bertz CT molecular complexity index is 537. The fourth-order valence-electron chi connectivity index (χ4n) is 2.01. The predicted octanol–water partition coefficient (Wildman–Crippen LogP) is 4.18. The van der Waals surface area contributed by atoms with Crippen molar-refractivity contribution in [1.82, 2.24) is 4.98 Å². The second-order valence-corrected chi connectivity index (χ2v) is 4.84. The zero-order valence-electron chi connectivity index (χ0n) is 12.3. The van der Waals surface area contributed by atoms with Crippen LogP contribution in [0.4, 0.5) is 0 Å². The number of nitrogens with zero attached hydrogens (tertiary/aromatic N) is 1. The van der Waals surface area contributed by atoms with Gasteiger partial charge in [-0.1, -0.05) is 26.0 Å². The van der Waals surface area contributed by atoms with E-state index in [0.29, 0.717) is 18.4 Å². The summed E-state index contributed by atoms with van der Waals surface area (Å²) in [7, 11) is 1.62. The number of hydrogen-bond acceptors (Lipinski definition) is 3. The summed E-state index contributed by atoms with van der Waals surface area (Å²) in [5, 5.41) is 0. The fourth-order valence-corrected chi connectivity index (χ4v) is 2.01. The van der Waals surface area contributed by atoms with Crippen molar-refractivity contribution in [2.75, 3.05) is 7.11 Å². The van der Waals surface area contributed by atoms with Gasteiger partial charge in [-0.2, -0.15) is 0 Å². The molecule has 0 saturated carbocycles. The summed E-state index contributed by atoms with van der Waals surface area (Å²) in [4.78, 5) is 4.16. The minimum atomic E-state index is 0.458. The molecule has 3 nitrogen and oxygen atoms in total. The maximum absolute atomic E-state index is 5.78. The Kier molecular flexibility index (Phi) is 4.99. The first-order chi connectivity index (χ1) is 9.74. The van der Waals surface area contributed by atoms with Gasteiger partial charge in [-0.05, 0) is 42.2 Å². The molecule has 2 aromatic rings. The van der Waals surface area contributed by atoms with Gasteiger partial charge in [0.05, 0.1) is 12.7 Å². The first kappa shape index (κ1) is 14.4. The Hall–Kier alpha value is -2.03. The smallest absolute Gasteiger partial charge is 0.219 e. The number of pyridine rings is 1. The monoisotopic (exact) mass is 271 g/mol. The zero-order valence-corrected chi connectivity index (χ0v) is 12.3. The average Bonchev–Trinajstić information content (AvgIpc) is 2.53. The second kappa shape index (κ2) is 6.94. The van der Waals surface area contributed by atoms with E-state index >= 15 is 0 Å². The molecular weight excluding hydrogens is 250 g/mol. The lowest BCUT2D eigenvalue weighted by Gasteiger charge is -2.11. The van der Waals surface area contributed by atoms with Crippen LogP contribution in [-0.4, -0.2) is 12.1 Å². The molecule has 0 aliphatic rings. The summed E-state index contributed by atoms with van der Waals surface area (Å²) in [6, 6.07) is 12.1. The molecule has 0 aliphatic carbocycles. The van der Waals surface area contributed by atoms with Crippen molar-refractivity contribution >= 4 is 0 Å². The maximum Gasteiger partial charge on any atom is 0.219 e. The van der Waals surface area contributed by atoms with Gasteiger partial charge in [0.25, 0.3) is 0 Å². The number of rotatable bonds is 6. The Morgan fingerprint density at radius 3 is 2.55 bits per heavy atom. The summed E-state index contributed by atoms with van der Waals surface area (Å²) in [5.41, 5.74) is 2.29. The van der Waals surface area contributed by atoms with Crippen LogP contribution in [-0.2, 0) is 6.61 Å². The third-order valence-electron chi connectivity index (χ3n) is 3.50. The van der Waals surface area contributed by atoms with E-state index in [9.17, 15) is 0 Å². The lowest BCUT2D eigenvalue weighted by molar-refractivity contribution is 0.293. The first-order valence-electron chi connectivity index (χ1n) is 6.95. The van der Waals surface area contributed by atoms with Crippen LogP contribution in [0.15, 0.2) is 42.6 Å². The third kappa shape index (κ3) is 3.50. The second-order valence-electron chi connectivity index (χ2n) is 4.84. The molecule has 0 spiro atoms. The quantitative estimate of drug-likeness (QED) is 0.789. The topological polar surface area (TPSA) is 31.4 Å². The van der Waals surface area contributed by atoms with Crippen molar-refractivity contribution in [1.29, 1.82) is 0 Å². The van der Waals surface area contributed by atoms with E-state index in [2.05, 4.69) is 31.0 Å². The van der Waals surface area contributed by atoms with Crippen molar-refractivity contribution in [2.24, 2.45) is 0 Å². The van der Waals surface area contributed by atoms with E-state index in [1.807, 2.05) is 24.3 Å². The molecule has 0 N–H and O–H groups in total. The van der Waals surface area contributed by atoms with Crippen LogP contribution in [0.25, 0.3) is 0 Å². The van der Waals surface area contributed by atoms with Crippen LogP contribution in [0, 0.1) is 0 Å². The molecule has 1 unspecified atom stereocenters. The molecule has 3 heteroatoms. The molecule has 20 heavy (non-hydrogen) atoms. The van der Waals surface area contributed by atoms with E-state index in [-0.39, 0.29) is 0 Å². The van der Waals surface area contributed by atoms with Gasteiger partial charge in [0.1, 0.15) is 12.4 Å². The van der Waals surface area contributed by atoms with Gasteiger partial charge in [-0.25, -0.2) is 4.98 Å². The molecular formula is C17H21NO2. The molecule has 1 heterocycles. The van der Waals surface area contributed by atoms with Crippen LogP contribution >= 0.6 is 0 Å². The Morgan fingerprint density at radius 1 is 1.15 bits per heavy atom. The maximum atomic E-state index is 5.78. The van der Waals surface area contributed by atoms with Gasteiger partial charge >= 0.3 is 0 Å². The van der Waals surface area contributed by atoms with E-state index < -0.39 is 0 Å². The number of ether oxygens (including phenoxy) is 2. The molecule has 1 aromatic carbocycles. The molecule has 0 bridgehead atoms. The minimum Gasteiger partial charge on any atom is -0.489 e. The molecule has 106 valence electrons. The minimum absolute atomic E-state index is 0.458. The zero-order chi connectivity index (χ0) is 14.4. The highest BCUT2D eigenvalue weighted by Crippen LogP contribution is 2.23. The molecule has 1 atom stereocenters. The molecule has 0 radical (unpaired) electrons. The summed E-state index contributed by atoms with van der Waals surface area (Å²) in [6.45, 7) is 4.89. The highest BCUT2D eigenvalue weighted by Gasteiger charge is 2.05. The lowest BCUT2D eigenvalue weighted by atomic mass is 9.99. The van der Waals surface area contributed by atoms with Gasteiger partial charge in [0, 0.05) is 6.20 Å². The van der Waals surface area contributed by atoms with Crippen LogP contribution in [0.3, 0.4) is 0 Å². The third-order valence-corrected chi connectivity index (χ3v) is 3.50. The van der Waals surface area contributed by atoms with E-state index in [0.717, 1.165) is 17.7 Å². The van der Waals surface area contributed by atoms with Crippen molar-refractivity contribution < 1.29 is 9.47 Å². The Morgan fingerprint density at radius 2 is 1.90 bits per heavy atom. The van der Waals surface area contributed by atoms with Crippen molar-refractivity contribution in [3.05, 3.63) is 53.7 Å². The lowest BCUT2D eigenvalue weighted by Crippen LogP contribution is -2.00. The van der Waals surface area contributed by atoms with E-state index in [4.69, 9.17) is 9.47 Å². The van der Waals surface area contributed by atoms with Gasteiger partial charge < -0.3 is 9.47 Å². The molecule has 0 aliphatic heterocycles. The van der Waals surface area contributed by atoms with Gasteiger partial charge in [-0.3, -0.25) is 0 Å². The molecule has 0 saturated heterocycles. The van der Waals surface area contributed by atoms with Crippen LogP contribution in [0.1, 0.15) is 37.3 Å². The van der Waals surface area contributed by atoms with E-state index in [1.54, 1.807) is 13.3 Å². The summed E-state index contributed by atoms with van der Waals surface area (Å²) in [6.07, 6.45) is 2.86. The SMILES string of the molecule is CCC(C)c1ccc(OCc2cccnc2OC)cc1. The Labute approximate surface area is 120 Å². The van der Waals surface area contributed by atoms with Gasteiger partial charge in [-0.15, -0.1) is 0 Å². The highest BCUT2D eigenvalue weighted by atomic mass is 16.5. The number of methoxy groups -OCH3 is 1. The van der Waals surface area contributed by atoms with Crippen LogP contribution < -0.4 is 9.47 Å². The van der Waals surface area contributed by atoms with Crippen molar-refractivity contribution in [3.63, 3.8) is 0 Å². The molecule has 1 aromatic heterocycles. The standard InChI is InChI=1S/C17H21NO2/c1-4-13(2)14-7-9-16(10-8-14)20-12-15-6-5-11-18-17(15)19-3/h5-11,13H,4,12H2,1-3H3. The molecule has 0 amide bonds. The number of hydrogen-bond donors (Lipinski definition) is 0. The number of benzene rings is 1. The molecule has 2 rings (SSSR count). The highest BCUT2D eigenvalue weighted by molar-refractivity contribution is 5.30. The first-order valence-corrected chi connectivity index (χ1v) is 6.95. The average molecular weight is 271 g/mol. The van der Waals surface area contributed by atoms with Gasteiger partial charge in [0.2, 0.25) is 5.88 Å². The van der Waals surface area contributed by atoms with Crippen LogP contribution in [0.2, 0.25) is 0 Å². The number of aromatic nitrogens is 1. The summed E-state index contributed by atoms with van der Waals surface area (Å²) < 4.78 is 11.0. The fraction of sp³-hybridized carbons (Fsp3) is 0.353. The summed E-state index contributed by atoms with van der Waals surface area (Å²) in [5.74, 6) is 2.06. The van der Waals surface area contributed by atoms with Crippen molar-refractivity contribution in [3.8, 4) is 11.6 Å². The normalized spacial score (nSPS) is 11.9. The van der Waals surface area contributed by atoms with Gasteiger partial charge in [0.15, 0.2) is 0 Å². The van der Waals surface area contributed by atoms with Crippen molar-refractivity contribution in [2.45, 2.75) is 32.8 Å². The van der Waals surface area contributed by atoms with Crippen LogP contribution in [0.5, 0.6) is 11.6 Å². The summed E-state index contributed by atoms with van der Waals surface area (Å²) >= 11 is 0. The largest absolute Gasteiger partial charge is 0.489 e. The predicted molar refractivity (Wildman–Crippen MR) is 80.3 cm³/mol. The molecule has 0 fully saturated rings. The Balaban J connectivity index is 2.00. The van der Waals surface area contributed by atoms with E-state index in [1.165, 1.54) is 5.56 Å².